The number of rotatable bonds is 7. The fourth-order valence-corrected chi connectivity index (χ4v) is 2.90. The number of H-pyrrole nitrogens is 1. The summed E-state index contributed by atoms with van der Waals surface area (Å²) >= 11 is 5.85. The van der Waals surface area contributed by atoms with Crippen molar-refractivity contribution in [3.05, 3.63) is 29.4 Å². The van der Waals surface area contributed by atoms with Crippen LogP contribution in [0.15, 0.2) is 23.5 Å². The van der Waals surface area contributed by atoms with Crippen LogP contribution in [-0.2, 0) is 16.4 Å². The second-order valence-corrected chi connectivity index (χ2v) is 6.25. The maximum Gasteiger partial charge on any atom is 0.242 e. The van der Waals surface area contributed by atoms with Gasteiger partial charge in [0.2, 0.25) is 10.0 Å². The molecular formula is C10H14ClN7O2S. The normalized spacial score (nSPS) is 11.5. The highest BCUT2D eigenvalue weighted by atomic mass is 35.5. The molecule has 0 atom stereocenters. The molecule has 114 valence electrons. The molecule has 0 unspecified atom stereocenters. The number of nitrogens with two attached hydrogens (primary N) is 1. The maximum absolute atomic E-state index is 12.0. The van der Waals surface area contributed by atoms with Crippen molar-refractivity contribution >= 4 is 27.4 Å². The molecule has 21 heavy (non-hydrogen) atoms. The van der Waals surface area contributed by atoms with Crippen LogP contribution in [0.2, 0.25) is 5.02 Å². The summed E-state index contributed by atoms with van der Waals surface area (Å²) in [5.41, 5.74) is 2.27. The number of hydrogen-bond donors (Lipinski definition) is 4. The Kier molecular flexibility index (Phi) is 5.07. The molecule has 0 aliphatic heterocycles. The second-order valence-electron chi connectivity index (χ2n) is 4.08. The molecule has 0 aromatic carbocycles. The number of nitrogens with one attached hydrogen (secondary N) is 3. The average Bonchev–Trinajstić information content (AvgIpc) is 2.97. The Balaban J connectivity index is 1.93. The van der Waals surface area contributed by atoms with Gasteiger partial charge in [0.1, 0.15) is 17.0 Å². The topological polar surface area (TPSA) is 139 Å². The second kappa shape index (κ2) is 6.80. The highest BCUT2D eigenvalue weighted by molar-refractivity contribution is 7.89. The third-order valence-electron chi connectivity index (χ3n) is 2.61. The first-order valence-electron chi connectivity index (χ1n) is 5.99. The summed E-state index contributed by atoms with van der Waals surface area (Å²) in [5.74, 6) is 6.09. The van der Waals surface area contributed by atoms with Crippen molar-refractivity contribution in [3.63, 3.8) is 0 Å². The molecule has 9 nitrogen and oxygen atoms in total. The Morgan fingerprint density at radius 3 is 2.81 bits per heavy atom. The van der Waals surface area contributed by atoms with Crippen molar-refractivity contribution in [3.8, 4) is 0 Å². The Morgan fingerprint density at radius 2 is 2.19 bits per heavy atom. The van der Waals surface area contributed by atoms with Crippen molar-refractivity contribution < 1.29 is 8.42 Å². The summed E-state index contributed by atoms with van der Waals surface area (Å²) in [7, 11) is -3.66. The largest absolute Gasteiger partial charge is 0.307 e. The standard InChI is InChI=1S/C10H14ClN7O2S/c11-8-4-7(5-13-10(8)17-12)21(19,20)16-3-1-2-9-14-6-15-18-9/h4-6,16H,1-3,12H2,(H,13,17)(H,14,15,18). The molecule has 0 saturated heterocycles. The minimum atomic E-state index is -3.66. The Labute approximate surface area is 126 Å². The van der Waals surface area contributed by atoms with Crippen molar-refractivity contribution in [1.29, 1.82) is 0 Å². The number of hydrazine groups is 1. The Bertz CT molecular complexity index is 689. The van der Waals surface area contributed by atoms with E-state index in [9.17, 15) is 8.42 Å². The first-order valence-corrected chi connectivity index (χ1v) is 7.85. The van der Waals surface area contributed by atoms with Gasteiger partial charge in [-0.1, -0.05) is 11.6 Å². The molecule has 0 amide bonds. The fourth-order valence-electron chi connectivity index (χ4n) is 1.57. The third kappa shape index (κ3) is 4.11. The van der Waals surface area contributed by atoms with Crippen LogP contribution in [0, 0.1) is 0 Å². The number of sulfonamides is 1. The molecule has 2 rings (SSSR count). The molecule has 0 aliphatic rings. The zero-order valence-electron chi connectivity index (χ0n) is 10.9. The number of pyridine rings is 1. The minimum absolute atomic E-state index is 0.0221. The van der Waals surface area contributed by atoms with Crippen molar-refractivity contribution in [2.24, 2.45) is 5.84 Å². The van der Waals surface area contributed by atoms with E-state index in [1.165, 1.54) is 18.6 Å². The van der Waals surface area contributed by atoms with E-state index >= 15 is 0 Å². The molecule has 0 aliphatic carbocycles. The number of anilines is 1. The average molecular weight is 332 g/mol. The third-order valence-corrected chi connectivity index (χ3v) is 4.33. The fraction of sp³-hybridized carbons (Fsp3) is 0.300. The van der Waals surface area contributed by atoms with E-state index in [1.807, 2.05) is 0 Å². The summed E-state index contributed by atoms with van der Waals surface area (Å²) in [6.07, 6.45) is 3.76. The van der Waals surface area contributed by atoms with Crippen LogP contribution in [0.1, 0.15) is 12.2 Å². The van der Waals surface area contributed by atoms with Crippen LogP contribution < -0.4 is 16.0 Å². The molecule has 2 heterocycles. The van der Waals surface area contributed by atoms with Gasteiger partial charge in [0.05, 0.1) is 5.02 Å². The molecule has 11 heteroatoms. The quantitative estimate of drug-likeness (QED) is 0.319. The lowest BCUT2D eigenvalue weighted by Gasteiger charge is -2.08. The molecule has 0 bridgehead atoms. The van der Waals surface area contributed by atoms with E-state index in [-0.39, 0.29) is 22.3 Å². The van der Waals surface area contributed by atoms with E-state index in [2.05, 4.69) is 30.3 Å². The van der Waals surface area contributed by atoms with Crippen LogP contribution in [0.4, 0.5) is 5.82 Å². The summed E-state index contributed by atoms with van der Waals surface area (Å²) in [6, 6.07) is 1.28. The Hall–Kier alpha value is -1.75. The van der Waals surface area contributed by atoms with Crippen LogP contribution in [-0.4, -0.2) is 35.1 Å². The Morgan fingerprint density at radius 1 is 1.38 bits per heavy atom. The molecule has 2 aromatic rings. The summed E-state index contributed by atoms with van der Waals surface area (Å²) in [6.45, 7) is 0.261. The lowest BCUT2D eigenvalue weighted by atomic mass is 10.3. The van der Waals surface area contributed by atoms with Gasteiger partial charge in [0.25, 0.3) is 0 Å². The highest BCUT2D eigenvalue weighted by Gasteiger charge is 2.16. The SMILES string of the molecule is NNc1ncc(S(=O)(=O)NCCCc2ncn[nH]2)cc1Cl. The highest BCUT2D eigenvalue weighted by Crippen LogP contribution is 2.21. The first-order chi connectivity index (χ1) is 10.0. The van der Waals surface area contributed by atoms with Crippen LogP contribution in [0.5, 0.6) is 0 Å². The van der Waals surface area contributed by atoms with Crippen LogP contribution in [0.3, 0.4) is 0 Å². The lowest BCUT2D eigenvalue weighted by Crippen LogP contribution is -2.25. The van der Waals surface area contributed by atoms with Gasteiger partial charge in [0.15, 0.2) is 5.82 Å². The molecule has 0 saturated carbocycles. The minimum Gasteiger partial charge on any atom is -0.307 e. The van der Waals surface area contributed by atoms with E-state index in [1.54, 1.807) is 0 Å². The number of halogens is 1. The van der Waals surface area contributed by atoms with Crippen LogP contribution in [0.25, 0.3) is 0 Å². The van der Waals surface area contributed by atoms with E-state index in [0.717, 1.165) is 0 Å². The van der Waals surface area contributed by atoms with Crippen molar-refractivity contribution in [2.45, 2.75) is 17.7 Å². The smallest absolute Gasteiger partial charge is 0.242 e. The number of aromatic nitrogens is 4. The predicted octanol–water partition coefficient (Wildman–Crippen LogP) is 0.0498. The van der Waals surface area contributed by atoms with E-state index in [0.29, 0.717) is 18.7 Å². The van der Waals surface area contributed by atoms with Crippen molar-refractivity contribution in [1.82, 2.24) is 24.9 Å². The first kappa shape index (κ1) is 15.6. The van der Waals surface area contributed by atoms with Gasteiger partial charge < -0.3 is 5.43 Å². The van der Waals surface area contributed by atoms with Gasteiger partial charge in [-0.3, -0.25) is 5.10 Å². The maximum atomic E-state index is 12.0. The number of hydrogen-bond acceptors (Lipinski definition) is 7. The summed E-state index contributed by atoms with van der Waals surface area (Å²) in [4.78, 5) is 7.75. The van der Waals surface area contributed by atoms with Crippen LogP contribution >= 0.6 is 11.6 Å². The predicted molar refractivity (Wildman–Crippen MR) is 76.9 cm³/mol. The number of aromatic amines is 1. The number of nitrogen functional groups attached to an aromatic ring is 1. The number of nitrogens with zero attached hydrogens (tertiary/aromatic N) is 3. The molecule has 2 aromatic heterocycles. The zero-order chi connectivity index (χ0) is 15.3. The molecule has 5 N–H and O–H groups in total. The van der Waals surface area contributed by atoms with Gasteiger partial charge in [-0.2, -0.15) is 5.10 Å². The van der Waals surface area contributed by atoms with Gasteiger partial charge in [-0.05, 0) is 12.5 Å². The molecule has 0 radical (unpaired) electrons. The van der Waals surface area contributed by atoms with E-state index in [4.69, 9.17) is 17.4 Å². The summed E-state index contributed by atoms with van der Waals surface area (Å²) in [5, 5.41) is 6.54. The van der Waals surface area contributed by atoms with E-state index < -0.39 is 10.0 Å². The van der Waals surface area contributed by atoms with Crippen molar-refractivity contribution in [2.75, 3.05) is 12.0 Å². The molecule has 0 spiro atoms. The summed E-state index contributed by atoms with van der Waals surface area (Å²) < 4.78 is 26.6. The monoisotopic (exact) mass is 331 g/mol. The lowest BCUT2D eigenvalue weighted by molar-refractivity contribution is 0.578. The van der Waals surface area contributed by atoms with Gasteiger partial charge >= 0.3 is 0 Å². The molecular weight excluding hydrogens is 318 g/mol. The van der Waals surface area contributed by atoms with Gasteiger partial charge in [-0.15, -0.1) is 0 Å². The van der Waals surface area contributed by atoms with Gasteiger partial charge in [0, 0.05) is 19.2 Å². The van der Waals surface area contributed by atoms with Gasteiger partial charge in [-0.25, -0.2) is 29.0 Å². The zero-order valence-corrected chi connectivity index (χ0v) is 12.4. The molecule has 0 fully saturated rings. The number of aryl methyl sites for hydroxylation is 1.